The van der Waals surface area contributed by atoms with Crippen LogP contribution in [-0.2, 0) is 12.2 Å². The minimum Gasteiger partial charge on any atom is -0.359 e. The maximum atomic E-state index is 6.70. The van der Waals surface area contributed by atoms with E-state index in [2.05, 4.69) is 31.0 Å². The Bertz CT molecular complexity index is 1070. The molecule has 3 aromatic rings. The van der Waals surface area contributed by atoms with Crippen LogP contribution in [0.2, 0.25) is 0 Å². The van der Waals surface area contributed by atoms with E-state index in [0.29, 0.717) is 30.6 Å². The van der Waals surface area contributed by atoms with E-state index >= 15 is 0 Å². The van der Waals surface area contributed by atoms with Gasteiger partial charge in [-0.1, -0.05) is 35.5 Å². The van der Waals surface area contributed by atoms with E-state index in [1.807, 2.05) is 49.4 Å². The predicted molar refractivity (Wildman–Crippen MR) is 113 cm³/mol. The molecule has 9 heteroatoms. The number of nitrogens with two attached hydrogens (primary N) is 2. The molecule has 2 aliphatic rings. The summed E-state index contributed by atoms with van der Waals surface area (Å²) in [6.07, 6.45) is 2.84. The Hall–Kier alpha value is -3.17. The molecule has 0 amide bonds. The highest BCUT2D eigenvalue weighted by atomic mass is 16.5. The number of rotatable bonds is 5. The summed E-state index contributed by atoms with van der Waals surface area (Å²) in [6, 6.07) is 13.8. The summed E-state index contributed by atoms with van der Waals surface area (Å²) < 4.78 is 5.44. The molecular weight excluding hydrogens is 380 g/mol. The molecule has 30 heavy (non-hydrogen) atoms. The van der Waals surface area contributed by atoms with Crippen LogP contribution in [0.15, 0.2) is 52.0 Å². The van der Waals surface area contributed by atoms with Crippen LogP contribution in [0.4, 0.5) is 0 Å². The van der Waals surface area contributed by atoms with Crippen LogP contribution >= 0.6 is 0 Å². The fraction of sp³-hybridized carbons (Fsp3) is 0.381. The van der Waals surface area contributed by atoms with Gasteiger partial charge in [0.1, 0.15) is 23.6 Å². The van der Waals surface area contributed by atoms with Gasteiger partial charge in [0.05, 0.1) is 5.66 Å². The third-order valence-electron chi connectivity index (χ3n) is 5.48. The third-order valence-corrected chi connectivity index (χ3v) is 5.48. The molecule has 2 fully saturated rings. The largest absolute Gasteiger partial charge is 0.359 e. The lowest BCUT2D eigenvalue weighted by Crippen LogP contribution is -2.72. The first-order chi connectivity index (χ1) is 14.4. The lowest BCUT2D eigenvalue weighted by Gasteiger charge is -2.44. The second-order valence-electron chi connectivity index (χ2n) is 8.51. The number of aliphatic imine (C=N–C) groups is 1. The lowest BCUT2D eigenvalue weighted by atomic mass is 9.91. The van der Waals surface area contributed by atoms with Gasteiger partial charge in [-0.25, -0.2) is 4.99 Å². The Morgan fingerprint density at radius 1 is 1.17 bits per heavy atom. The first-order valence-corrected chi connectivity index (χ1v) is 10.2. The highest BCUT2D eigenvalue weighted by Crippen LogP contribution is 2.40. The van der Waals surface area contributed by atoms with Gasteiger partial charge in [-0.3, -0.25) is 5.10 Å². The standard InChI is InChI=1S/C21H26N8O/c1-20(22)12-21(23,18-10-16(27-28-18)14-7-8-14)26-19(25-20)24-11-15-9-17(29-30-15)13-5-3-2-4-6-13/h2-6,9-10,14H,7-8,11-12,22-23H2,1H3,(H,27,28)(H2,24,25,26). The summed E-state index contributed by atoms with van der Waals surface area (Å²) in [4.78, 5) is 4.59. The fourth-order valence-corrected chi connectivity index (χ4v) is 3.87. The zero-order valence-corrected chi connectivity index (χ0v) is 16.9. The normalized spacial score (nSPS) is 27.6. The molecule has 7 N–H and O–H groups in total. The van der Waals surface area contributed by atoms with E-state index in [9.17, 15) is 0 Å². The monoisotopic (exact) mass is 406 g/mol. The fourth-order valence-electron chi connectivity index (χ4n) is 3.87. The molecule has 1 saturated carbocycles. The van der Waals surface area contributed by atoms with Gasteiger partial charge < -0.3 is 26.6 Å². The van der Waals surface area contributed by atoms with Crippen LogP contribution in [-0.4, -0.2) is 27.0 Å². The van der Waals surface area contributed by atoms with Crippen molar-refractivity contribution in [2.24, 2.45) is 16.5 Å². The van der Waals surface area contributed by atoms with Crippen molar-refractivity contribution in [3.8, 4) is 11.3 Å². The molecule has 0 radical (unpaired) electrons. The number of hydrogen-bond acceptors (Lipinski definition) is 6. The molecule has 1 aromatic carbocycles. The molecule has 1 saturated heterocycles. The van der Waals surface area contributed by atoms with E-state index < -0.39 is 11.3 Å². The third kappa shape index (κ3) is 3.81. The van der Waals surface area contributed by atoms with Gasteiger partial charge in [-0.05, 0) is 25.8 Å². The Labute approximate surface area is 174 Å². The minimum absolute atomic E-state index is 0.301. The topological polar surface area (TPSA) is 143 Å². The minimum atomic E-state index is -0.923. The number of aromatic nitrogens is 3. The highest BCUT2D eigenvalue weighted by molar-refractivity contribution is 5.82. The van der Waals surface area contributed by atoms with Crippen molar-refractivity contribution in [3.05, 3.63) is 59.6 Å². The zero-order chi connectivity index (χ0) is 20.8. The number of hydrogen-bond donors (Lipinski definition) is 5. The van der Waals surface area contributed by atoms with Crippen molar-refractivity contribution in [1.82, 2.24) is 26.0 Å². The van der Waals surface area contributed by atoms with Crippen molar-refractivity contribution in [3.63, 3.8) is 0 Å². The molecular formula is C21H26N8O. The summed E-state index contributed by atoms with van der Waals surface area (Å²) >= 11 is 0. The second kappa shape index (κ2) is 6.96. The van der Waals surface area contributed by atoms with E-state index in [0.717, 1.165) is 22.6 Å². The van der Waals surface area contributed by atoms with Gasteiger partial charge in [0, 0.05) is 29.7 Å². The molecule has 1 aliphatic carbocycles. The maximum Gasteiger partial charge on any atom is 0.194 e. The van der Waals surface area contributed by atoms with Gasteiger partial charge in [-0.2, -0.15) is 5.10 Å². The quantitative estimate of drug-likeness (QED) is 0.435. The maximum absolute atomic E-state index is 6.70. The summed E-state index contributed by atoms with van der Waals surface area (Å²) in [6.45, 7) is 2.19. The number of H-pyrrole nitrogens is 1. The van der Waals surface area contributed by atoms with Crippen molar-refractivity contribution >= 4 is 5.96 Å². The average molecular weight is 406 g/mol. The zero-order valence-electron chi connectivity index (χ0n) is 16.9. The Balaban J connectivity index is 1.34. The molecule has 0 spiro atoms. The van der Waals surface area contributed by atoms with Crippen LogP contribution in [0.3, 0.4) is 0 Å². The van der Waals surface area contributed by atoms with Crippen molar-refractivity contribution < 1.29 is 4.52 Å². The second-order valence-corrected chi connectivity index (χ2v) is 8.51. The summed E-state index contributed by atoms with van der Waals surface area (Å²) in [5, 5.41) is 18.2. The van der Waals surface area contributed by atoms with Crippen LogP contribution in [0.25, 0.3) is 11.3 Å². The number of nitrogens with zero attached hydrogens (tertiary/aromatic N) is 3. The van der Waals surface area contributed by atoms with E-state index in [-0.39, 0.29) is 0 Å². The highest BCUT2D eigenvalue weighted by Gasteiger charge is 2.43. The smallest absolute Gasteiger partial charge is 0.194 e. The van der Waals surface area contributed by atoms with Crippen molar-refractivity contribution in [2.75, 3.05) is 0 Å². The van der Waals surface area contributed by atoms with Crippen LogP contribution in [0, 0.1) is 0 Å². The summed E-state index contributed by atoms with van der Waals surface area (Å²) in [5.74, 6) is 1.72. The Morgan fingerprint density at radius 3 is 2.73 bits per heavy atom. The number of benzene rings is 1. The van der Waals surface area contributed by atoms with Crippen LogP contribution in [0.5, 0.6) is 0 Å². The van der Waals surface area contributed by atoms with Crippen molar-refractivity contribution in [2.45, 2.75) is 50.0 Å². The molecule has 3 heterocycles. The van der Waals surface area contributed by atoms with Gasteiger partial charge >= 0.3 is 0 Å². The number of nitrogens with one attached hydrogen (secondary N) is 3. The van der Waals surface area contributed by atoms with Gasteiger partial charge in [0.2, 0.25) is 0 Å². The SMILES string of the molecule is CC1(N)CC(N)(c2cc(C3CC3)[nH]n2)NC(=NCc2cc(-c3ccccc3)no2)N1. The molecule has 2 atom stereocenters. The molecule has 9 nitrogen and oxygen atoms in total. The van der Waals surface area contributed by atoms with E-state index in [1.165, 1.54) is 12.8 Å². The van der Waals surface area contributed by atoms with Gasteiger partial charge in [0.25, 0.3) is 0 Å². The summed E-state index contributed by atoms with van der Waals surface area (Å²) in [7, 11) is 0. The Morgan fingerprint density at radius 2 is 1.97 bits per heavy atom. The molecule has 156 valence electrons. The first kappa shape index (κ1) is 18.8. The van der Waals surface area contributed by atoms with E-state index in [4.69, 9.17) is 16.0 Å². The Kier molecular flexibility index (Phi) is 4.37. The van der Waals surface area contributed by atoms with Gasteiger partial charge in [-0.15, -0.1) is 0 Å². The molecule has 0 bridgehead atoms. The molecule has 2 aromatic heterocycles. The summed E-state index contributed by atoms with van der Waals surface area (Å²) in [5.41, 5.74) is 15.1. The lowest BCUT2D eigenvalue weighted by molar-refractivity contribution is 0.220. The predicted octanol–water partition coefficient (Wildman–Crippen LogP) is 1.87. The first-order valence-electron chi connectivity index (χ1n) is 10.2. The molecule has 2 unspecified atom stereocenters. The van der Waals surface area contributed by atoms with Gasteiger partial charge in [0.15, 0.2) is 11.7 Å². The molecule has 1 aliphatic heterocycles. The number of guanidine groups is 1. The average Bonchev–Trinajstić information content (AvgIpc) is 3.24. The molecule has 5 rings (SSSR count). The van der Waals surface area contributed by atoms with E-state index in [1.54, 1.807) is 0 Å². The van der Waals surface area contributed by atoms with Crippen molar-refractivity contribution in [1.29, 1.82) is 0 Å². The van der Waals surface area contributed by atoms with Crippen LogP contribution < -0.4 is 22.1 Å². The van der Waals surface area contributed by atoms with Crippen LogP contribution in [0.1, 0.15) is 49.3 Å². The number of aromatic amines is 1.